The first-order chi connectivity index (χ1) is 14.7. The molecular formula is C18H14ClF3N8S. The Morgan fingerprint density at radius 1 is 1.06 bits per heavy atom. The lowest BCUT2D eigenvalue weighted by atomic mass is 10.1. The molecule has 2 heterocycles. The second-order valence-corrected chi connectivity index (χ2v) is 7.88. The number of alkyl halides is 3. The van der Waals surface area contributed by atoms with Crippen LogP contribution in [-0.4, -0.2) is 35.1 Å². The molecule has 0 atom stereocenters. The van der Waals surface area contributed by atoms with E-state index < -0.39 is 11.7 Å². The third-order valence-corrected chi connectivity index (χ3v) is 5.51. The fourth-order valence-corrected chi connectivity index (χ4v) is 3.74. The van der Waals surface area contributed by atoms with Gasteiger partial charge in [-0.1, -0.05) is 53.2 Å². The highest BCUT2D eigenvalue weighted by Crippen LogP contribution is 2.36. The van der Waals surface area contributed by atoms with Gasteiger partial charge in [0.25, 0.3) is 0 Å². The van der Waals surface area contributed by atoms with E-state index in [2.05, 4.69) is 25.7 Å². The molecule has 2 aromatic heterocycles. The van der Waals surface area contributed by atoms with Gasteiger partial charge in [0.2, 0.25) is 5.16 Å². The Balaban J connectivity index is 1.59. The SMILES string of the molecule is Cc1ccc(-c2nnc(SCc3nnnn3-c3ccc(Cl)cc3C(F)(F)F)n2N)cc1. The largest absolute Gasteiger partial charge is 0.418 e. The van der Waals surface area contributed by atoms with Crippen LogP contribution in [0.15, 0.2) is 47.6 Å². The number of aromatic nitrogens is 7. The minimum absolute atomic E-state index is 0.0417. The number of nitrogen functional groups attached to an aromatic ring is 1. The summed E-state index contributed by atoms with van der Waals surface area (Å²) in [4.78, 5) is 0. The van der Waals surface area contributed by atoms with Gasteiger partial charge in [-0.05, 0) is 35.5 Å². The van der Waals surface area contributed by atoms with Crippen molar-refractivity contribution in [1.82, 2.24) is 35.1 Å². The molecule has 0 saturated heterocycles. The van der Waals surface area contributed by atoms with E-state index >= 15 is 0 Å². The predicted octanol–water partition coefficient (Wildman–Crippen LogP) is 3.91. The van der Waals surface area contributed by atoms with Gasteiger partial charge in [0.15, 0.2) is 11.6 Å². The molecule has 31 heavy (non-hydrogen) atoms. The maximum absolute atomic E-state index is 13.5. The third-order valence-electron chi connectivity index (χ3n) is 4.33. The van der Waals surface area contributed by atoms with Crippen molar-refractivity contribution in [3.05, 3.63) is 64.4 Å². The highest BCUT2D eigenvalue weighted by molar-refractivity contribution is 7.98. The maximum Gasteiger partial charge on any atom is 0.418 e. The zero-order valence-electron chi connectivity index (χ0n) is 15.9. The number of hydrogen-bond acceptors (Lipinski definition) is 7. The Bertz CT molecular complexity index is 1220. The van der Waals surface area contributed by atoms with E-state index in [1.807, 2.05) is 31.2 Å². The van der Waals surface area contributed by atoms with Crippen molar-refractivity contribution >= 4 is 23.4 Å². The van der Waals surface area contributed by atoms with Crippen molar-refractivity contribution in [3.8, 4) is 17.1 Å². The van der Waals surface area contributed by atoms with E-state index in [0.29, 0.717) is 11.0 Å². The average Bonchev–Trinajstić information content (AvgIpc) is 3.33. The summed E-state index contributed by atoms with van der Waals surface area (Å²) in [6.45, 7) is 1.97. The highest BCUT2D eigenvalue weighted by Gasteiger charge is 2.35. The standard InChI is InChI=1S/C18H14ClF3N8S/c1-10-2-4-11(5-3-10)16-25-26-17(29(16)23)31-9-15-24-27-28-30(15)14-7-6-12(19)8-13(14)18(20,21)22/h2-8H,9,23H2,1H3. The number of benzene rings is 2. The molecule has 0 amide bonds. The molecule has 0 aliphatic rings. The first kappa shape index (κ1) is 21.1. The van der Waals surface area contributed by atoms with Crippen LogP contribution in [0.2, 0.25) is 5.02 Å². The molecule has 0 fully saturated rings. The van der Waals surface area contributed by atoms with Crippen molar-refractivity contribution in [2.24, 2.45) is 0 Å². The fourth-order valence-electron chi connectivity index (χ4n) is 2.81. The van der Waals surface area contributed by atoms with E-state index in [-0.39, 0.29) is 22.3 Å². The smallest absolute Gasteiger partial charge is 0.335 e. The first-order valence-corrected chi connectivity index (χ1v) is 10.1. The third kappa shape index (κ3) is 4.35. The molecule has 2 aromatic carbocycles. The molecule has 0 unspecified atom stereocenters. The number of tetrazole rings is 1. The molecule has 0 saturated carbocycles. The lowest BCUT2D eigenvalue weighted by Gasteiger charge is -2.13. The zero-order chi connectivity index (χ0) is 22.2. The molecule has 4 aromatic rings. The molecule has 13 heteroatoms. The van der Waals surface area contributed by atoms with Crippen LogP contribution in [-0.2, 0) is 11.9 Å². The highest BCUT2D eigenvalue weighted by atomic mass is 35.5. The summed E-state index contributed by atoms with van der Waals surface area (Å²) in [6, 6.07) is 11.0. The quantitative estimate of drug-likeness (QED) is 0.351. The van der Waals surface area contributed by atoms with Crippen molar-refractivity contribution < 1.29 is 13.2 Å². The van der Waals surface area contributed by atoms with E-state index in [1.54, 1.807) is 0 Å². The first-order valence-electron chi connectivity index (χ1n) is 8.79. The zero-order valence-corrected chi connectivity index (χ0v) is 17.4. The second-order valence-electron chi connectivity index (χ2n) is 6.50. The van der Waals surface area contributed by atoms with Crippen LogP contribution in [0.4, 0.5) is 13.2 Å². The van der Waals surface area contributed by atoms with E-state index in [1.165, 1.54) is 16.8 Å². The van der Waals surface area contributed by atoms with Gasteiger partial charge in [-0.15, -0.1) is 15.3 Å². The molecule has 0 aliphatic heterocycles. The van der Waals surface area contributed by atoms with Crippen LogP contribution in [0.3, 0.4) is 0 Å². The molecule has 8 nitrogen and oxygen atoms in total. The van der Waals surface area contributed by atoms with Crippen molar-refractivity contribution in [3.63, 3.8) is 0 Å². The van der Waals surface area contributed by atoms with Crippen LogP contribution < -0.4 is 5.84 Å². The lowest BCUT2D eigenvalue weighted by Crippen LogP contribution is -2.14. The molecule has 4 rings (SSSR count). The van der Waals surface area contributed by atoms with E-state index in [0.717, 1.165) is 33.6 Å². The van der Waals surface area contributed by atoms with Crippen LogP contribution in [0.25, 0.3) is 17.1 Å². The van der Waals surface area contributed by atoms with Crippen molar-refractivity contribution in [1.29, 1.82) is 0 Å². The van der Waals surface area contributed by atoms with Gasteiger partial charge in [-0.2, -0.15) is 17.9 Å². The number of halogens is 4. The van der Waals surface area contributed by atoms with Gasteiger partial charge in [-0.3, -0.25) is 0 Å². The molecular weight excluding hydrogens is 453 g/mol. The summed E-state index contributed by atoms with van der Waals surface area (Å²) in [6.07, 6.45) is -4.63. The van der Waals surface area contributed by atoms with Crippen LogP contribution in [0, 0.1) is 6.92 Å². The molecule has 0 radical (unpaired) electrons. The number of rotatable bonds is 5. The summed E-state index contributed by atoms with van der Waals surface area (Å²) in [5, 5.41) is 19.5. The molecule has 160 valence electrons. The maximum atomic E-state index is 13.5. The normalized spacial score (nSPS) is 11.8. The van der Waals surface area contributed by atoms with Gasteiger partial charge in [0, 0.05) is 10.6 Å². The topological polar surface area (TPSA) is 100 Å². The van der Waals surface area contributed by atoms with Gasteiger partial charge in [0.1, 0.15) is 0 Å². The molecule has 0 aliphatic carbocycles. The summed E-state index contributed by atoms with van der Waals surface area (Å²) in [7, 11) is 0. The van der Waals surface area contributed by atoms with Crippen molar-refractivity contribution in [2.75, 3.05) is 5.84 Å². The Morgan fingerprint density at radius 3 is 2.52 bits per heavy atom. The van der Waals surface area contributed by atoms with Gasteiger partial charge >= 0.3 is 6.18 Å². The number of nitrogens with zero attached hydrogens (tertiary/aromatic N) is 7. The molecule has 2 N–H and O–H groups in total. The van der Waals surface area contributed by atoms with Gasteiger partial charge < -0.3 is 5.84 Å². The Labute approximate surface area is 183 Å². The summed E-state index contributed by atoms with van der Waals surface area (Å²) in [5.74, 6) is 6.85. The summed E-state index contributed by atoms with van der Waals surface area (Å²) >= 11 is 6.89. The monoisotopic (exact) mass is 466 g/mol. The van der Waals surface area contributed by atoms with Crippen LogP contribution in [0.1, 0.15) is 17.0 Å². The molecule has 0 spiro atoms. The number of nitrogens with two attached hydrogens (primary N) is 1. The minimum Gasteiger partial charge on any atom is -0.335 e. The fraction of sp³-hybridized carbons (Fsp3) is 0.167. The summed E-state index contributed by atoms with van der Waals surface area (Å²) < 4.78 is 42.7. The Hall–Kier alpha value is -3.12. The number of aryl methyl sites for hydroxylation is 1. The predicted molar refractivity (Wildman–Crippen MR) is 109 cm³/mol. The van der Waals surface area contributed by atoms with E-state index in [4.69, 9.17) is 17.4 Å². The Kier molecular flexibility index (Phi) is 5.58. The number of thioether (sulfide) groups is 1. The lowest BCUT2D eigenvalue weighted by molar-refractivity contribution is -0.137. The minimum atomic E-state index is -4.63. The average molecular weight is 467 g/mol. The number of hydrogen-bond donors (Lipinski definition) is 1. The second kappa shape index (κ2) is 8.19. The van der Waals surface area contributed by atoms with Crippen LogP contribution >= 0.6 is 23.4 Å². The molecule has 0 bridgehead atoms. The van der Waals surface area contributed by atoms with Crippen molar-refractivity contribution in [2.45, 2.75) is 24.0 Å². The van der Waals surface area contributed by atoms with Gasteiger partial charge in [0.05, 0.1) is 17.0 Å². The van der Waals surface area contributed by atoms with Gasteiger partial charge in [-0.25, -0.2) is 4.68 Å². The Morgan fingerprint density at radius 2 is 1.81 bits per heavy atom. The van der Waals surface area contributed by atoms with E-state index in [9.17, 15) is 13.2 Å². The van der Waals surface area contributed by atoms with Crippen LogP contribution in [0.5, 0.6) is 0 Å². The summed E-state index contributed by atoms with van der Waals surface area (Å²) in [5.41, 5.74) is 0.705.